The standard InChI is InChI=1S/C23H21ClN4OS/c1-16-20-15-21(30-23(20)28(25-16)18-7-3-2-4-8-18)22(29)27-12-10-26(11-13-27)19-9-5-6-17(24)14-19/h2-9,14-15H,10-13H2,1H3. The lowest BCUT2D eigenvalue weighted by Crippen LogP contribution is -2.48. The molecule has 0 N–H and O–H groups in total. The van der Waals surface area contributed by atoms with Crippen molar-refractivity contribution in [1.29, 1.82) is 0 Å². The summed E-state index contributed by atoms with van der Waals surface area (Å²) in [6.45, 7) is 4.99. The van der Waals surface area contributed by atoms with Gasteiger partial charge in [-0.2, -0.15) is 5.10 Å². The molecule has 4 aromatic rings. The van der Waals surface area contributed by atoms with E-state index in [1.165, 1.54) is 11.3 Å². The molecule has 0 spiro atoms. The minimum atomic E-state index is 0.0981. The highest BCUT2D eigenvalue weighted by atomic mass is 35.5. The van der Waals surface area contributed by atoms with Gasteiger partial charge in [0.15, 0.2) is 0 Å². The number of aryl methyl sites for hydroxylation is 1. The predicted octanol–water partition coefficient (Wildman–Crippen LogP) is 5.01. The lowest BCUT2D eigenvalue weighted by atomic mass is 10.2. The molecule has 30 heavy (non-hydrogen) atoms. The fraction of sp³-hybridized carbons (Fsp3) is 0.217. The molecule has 0 bridgehead atoms. The molecule has 0 aliphatic carbocycles. The minimum absolute atomic E-state index is 0.0981. The van der Waals surface area contributed by atoms with E-state index in [0.29, 0.717) is 13.1 Å². The van der Waals surface area contributed by atoms with E-state index in [9.17, 15) is 4.79 Å². The Morgan fingerprint density at radius 1 is 0.967 bits per heavy atom. The number of hydrogen-bond acceptors (Lipinski definition) is 4. The first-order valence-corrected chi connectivity index (χ1v) is 11.1. The Bertz CT molecular complexity index is 1210. The number of para-hydroxylation sites is 1. The molecule has 5 nitrogen and oxygen atoms in total. The number of rotatable bonds is 3. The number of thiophene rings is 1. The van der Waals surface area contributed by atoms with Crippen molar-refractivity contribution in [3.8, 4) is 5.69 Å². The Kier molecular flexibility index (Phi) is 4.97. The smallest absolute Gasteiger partial charge is 0.264 e. The van der Waals surface area contributed by atoms with E-state index in [4.69, 9.17) is 11.6 Å². The molecule has 2 aromatic carbocycles. The summed E-state index contributed by atoms with van der Waals surface area (Å²) < 4.78 is 1.93. The van der Waals surface area contributed by atoms with Gasteiger partial charge < -0.3 is 9.80 Å². The van der Waals surface area contributed by atoms with Gasteiger partial charge in [0.05, 0.1) is 16.3 Å². The van der Waals surface area contributed by atoms with E-state index in [0.717, 1.165) is 50.3 Å². The summed E-state index contributed by atoms with van der Waals surface area (Å²) in [6, 6.07) is 19.9. The third-order valence-electron chi connectivity index (χ3n) is 5.50. The van der Waals surface area contributed by atoms with Crippen LogP contribution in [-0.4, -0.2) is 46.8 Å². The van der Waals surface area contributed by atoms with E-state index < -0.39 is 0 Å². The quantitative estimate of drug-likeness (QED) is 0.453. The SMILES string of the molecule is Cc1nn(-c2ccccc2)c2sc(C(=O)N3CCN(c4cccc(Cl)c4)CC3)cc12. The van der Waals surface area contributed by atoms with Gasteiger partial charge in [0.1, 0.15) is 4.83 Å². The van der Waals surface area contributed by atoms with E-state index in [-0.39, 0.29) is 5.91 Å². The lowest BCUT2D eigenvalue weighted by molar-refractivity contribution is 0.0751. The van der Waals surface area contributed by atoms with Crippen LogP contribution in [0, 0.1) is 6.92 Å². The maximum Gasteiger partial charge on any atom is 0.264 e. The first-order chi connectivity index (χ1) is 14.6. The summed E-state index contributed by atoms with van der Waals surface area (Å²) in [5, 5.41) is 6.45. The van der Waals surface area contributed by atoms with Gasteiger partial charge in [0.2, 0.25) is 0 Å². The maximum atomic E-state index is 13.2. The van der Waals surface area contributed by atoms with Crippen LogP contribution in [0.15, 0.2) is 60.7 Å². The molecule has 0 radical (unpaired) electrons. The van der Waals surface area contributed by atoms with Crippen molar-refractivity contribution in [1.82, 2.24) is 14.7 Å². The topological polar surface area (TPSA) is 41.4 Å². The minimum Gasteiger partial charge on any atom is -0.368 e. The molecule has 0 atom stereocenters. The maximum absolute atomic E-state index is 13.2. The van der Waals surface area contributed by atoms with Gasteiger partial charge in [0.25, 0.3) is 5.91 Å². The third-order valence-corrected chi connectivity index (χ3v) is 6.83. The van der Waals surface area contributed by atoms with Crippen molar-refractivity contribution < 1.29 is 4.79 Å². The van der Waals surface area contributed by atoms with Crippen LogP contribution in [0.25, 0.3) is 15.9 Å². The average Bonchev–Trinajstić information content (AvgIpc) is 3.35. The van der Waals surface area contributed by atoms with Gasteiger partial charge in [-0.05, 0) is 43.3 Å². The van der Waals surface area contributed by atoms with Gasteiger partial charge in [0, 0.05) is 42.3 Å². The van der Waals surface area contributed by atoms with Crippen molar-refractivity contribution in [2.24, 2.45) is 0 Å². The highest BCUT2D eigenvalue weighted by Crippen LogP contribution is 2.31. The van der Waals surface area contributed by atoms with Crippen molar-refractivity contribution in [3.05, 3.63) is 76.3 Å². The molecular weight excluding hydrogens is 416 g/mol. The number of benzene rings is 2. The number of fused-ring (bicyclic) bond motifs is 1. The van der Waals surface area contributed by atoms with E-state index in [1.54, 1.807) is 0 Å². The number of piperazine rings is 1. The van der Waals surface area contributed by atoms with Gasteiger partial charge in [-0.1, -0.05) is 35.9 Å². The number of halogens is 1. The van der Waals surface area contributed by atoms with Crippen LogP contribution >= 0.6 is 22.9 Å². The fourth-order valence-corrected chi connectivity index (χ4v) is 5.23. The number of hydrogen-bond donors (Lipinski definition) is 0. The Morgan fingerprint density at radius 2 is 1.70 bits per heavy atom. The molecule has 3 heterocycles. The summed E-state index contributed by atoms with van der Waals surface area (Å²) in [7, 11) is 0. The summed E-state index contributed by atoms with van der Waals surface area (Å²) in [5.41, 5.74) is 3.05. The molecule has 1 saturated heterocycles. The molecule has 1 aliphatic rings. The summed E-state index contributed by atoms with van der Waals surface area (Å²) in [5.74, 6) is 0.0981. The third kappa shape index (κ3) is 3.46. The monoisotopic (exact) mass is 436 g/mol. The number of anilines is 1. The van der Waals surface area contributed by atoms with Crippen molar-refractivity contribution in [2.45, 2.75) is 6.92 Å². The highest BCUT2D eigenvalue weighted by molar-refractivity contribution is 7.20. The molecule has 1 aliphatic heterocycles. The molecule has 5 rings (SSSR count). The second-order valence-corrected chi connectivity index (χ2v) is 8.89. The zero-order valence-electron chi connectivity index (χ0n) is 16.6. The molecule has 1 fully saturated rings. The number of carbonyl (C=O) groups is 1. The number of aromatic nitrogens is 2. The van der Waals surface area contributed by atoms with Crippen molar-refractivity contribution in [2.75, 3.05) is 31.1 Å². The normalized spacial score (nSPS) is 14.5. The number of carbonyl (C=O) groups excluding carboxylic acids is 1. The lowest BCUT2D eigenvalue weighted by Gasteiger charge is -2.36. The molecule has 152 valence electrons. The van der Waals surface area contributed by atoms with Gasteiger partial charge in [-0.15, -0.1) is 11.3 Å². The Morgan fingerprint density at radius 3 is 2.43 bits per heavy atom. The Hall–Kier alpha value is -2.83. The van der Waals surface area contributed by atoms with Gasteiger partial charge in [-0.25, -0.2) is 4.68 Å². The van der Waals surface area contributed by atoms with Gasteiger partial charge in [-0.3, -0.25) is 4.79 Å². The van der Waals surface area contributed by atoms with Crippen LogP contribution in [0.2, 0.25) is 5.02 Å². The largest absolute Gasteiger partial charge is 0.368 e. The first kappa shape index (κ1) is 19.2. The summed E-state index contributed by atoms with van der Waals surface area (Å²) in [6.07, 6.45) is 0. The molecule has 0 saturated carbocycles. The Labute approximate surface area is 184 Å². The van der Waals surface area contributed by atoms with Crippen LogP contribution in [0.1, 0.15) is 15.4 Å². The fourth-order valence-electron chi connectivity index (χ4n) is 3.89. The van der Waals surface area contributed by atoms with Crippen LogP contribution < -0.4 is 4.90 Å². The highest BCUT2D eigenvalue weighted by Gasteiger charge is 2.25. The van der Waals surface area contributed by atoms with Crippen LogP contribution in [0.5, 0.6) is 0 Å². The summed E-state index contributed by atoms with van der Waals surface area (Å²) >= 11 is 7.64. The predicted molar refractivity (Wildman–Crippen MR) is 123 cm³/mol. The molecule has 7 heteroatoms. The second kappa shape index (κ2) is 7.78. The molecule has 0 unspecified atom stereocenters. The van der Waals surface area contributed by atoms with Crippen molar-refractivity contribution >= 4 is 44.7 Å². The summed E-state index contributed by atoms with van der Waals surface area (Å²) in [4.78, 5) is 19.2. The number of amides is 1. The van der Waals surface area contributed by atoms with Crippen molar-refractivity contribution in [3.63, 3.8) is 0 Å². The van der Waals surface area contributed by atoms with Gasteiger partial charge >= 0.3 is 0 Å². The zero-order chi connectivity index (χ0) is 20.7. The molecule has 2 aromatic heterocycles. The molecular formula is C23H21ClN4OS. The van der Waals surface area contributed by atoms with Crippen LogP contribution in [0.4, 0.5) is 5.69 Å². The van der Waals surface area contributed by atoms with E-state index in [2.05, 4.69) is 16.1 Å². The van der Waals surface area contributed by atoms with Crippen LogP contribution in [-0.2, 0) is 0 Å². The zero-order valence-corrected chi connectivity index (χ0v) is 18.2. The Balaban J connectivity index is 1.36. The van der Waals surface area contributed by atoms with E-state index in [1.807, 2.05) is 71.1 Å². The average molecular weight is 437 g/mol. The first-order valence-electron chi connectivity index (χ1n) is 9.94. The second-order valence-electron chi connectivity index (χ2n) is 7.42. The molecule has 1 amide bonds. The number of nitrogens with zero attached hydrogens (tertiary/aromatic N) is 4. The van der Waals surface area contributed by atoms with E-state index >= 15 is 0 Å². The van der Waals surface area contributed by atoms with Crippen LogP contribution in [0.3, 0.4) is 0 Å².